The largest absolute Gasteiger partial charge is 0.372 e. The van der Waals surface area contributed by atoms with Crippen LogP contribution in [0.2, 0.25) is 5.02 Å². The highest BCUT2D eigenvalue weighted by atomic mass is 35.5. The van der Waals surface area contributed by atoms with Crippen LogP contribution in [0.5, 0.6) is 0 Å². The average Bonchev–Trinajstić information content (AvgIpc) is 2.95. The predicted octanol–water partition coefficient (Wildman–Crippen LogP) is 6.79. The third kappa shape index (κ3) is 4.19. The number of allylic oxidation sites excluding steroid dienone is 1. The Kier molecular flexibility index (Phi) is 5.34. The molecule has 0 radical (unpaired) electrons. The van der Waals surface area contributed by atoms with Crippen molar-refractivity contribution in [3.8, 4) is 0 Å². The van der Waals surface area contributed by atoms with E-state index in [0.29, 0.717) is 22.6 Å². The Morgan fingerprint density at radius 1 is 0.909 bits per heavy atom. The minimum Gasteiger partial charge on any atom is -0.372 e. The quantitative estimate of drug-likeness (QED) is 0.426. The maximum atomic E-state index is 13.3. The summed E-state index contributed by atoms with van der Waals surface area (Å²) in [5.41, 5.74) is 5.40. The summed E-state index contributed by atoms with van der Waals surface area (Å²) >= 11 is 6.13. The SMILES string of the molecule is CC1(C)CC(=O)C2=C(C1)Nc1ccc(C(=O)c3ccccc3)cc1NC2c1ccc(Cl)cc1. The third-order valence-electron chi connectivity index (χ3n) is 6.32. The Hall–Kier alpha value is -3.37. The predicted molar refractivity (Wildman–Crippen MR) is 133 cm³/mol. The summed E-state index contributed by atoms with van der Waals surface area (Å²) in [5.74, 6) is 0.0945. The highest BCUT2D eigenvalue weighted by Crippen LogP contribution is 2.45. The first-order chi connectivity index (χ1) is 15.8. The van der Waals surface area contributed by atoms with Crippen LogP contribution < -0.4 is 10.6 Å². The summed E-state index contributed by atoms with van der Waals surface area (Å²) in [7, 11) is 0. The average molecular weight is 457 g/mol. The Morgan fingerprint density at radius 2 is 1.64 bits per heavy atom. The number of benzene rings is 3. The Morgan fingerprint density at radius 3 is 2.36 bits per heavy atom. The van der Waals surface area contributed by atoms with Gasteiger partial charge >= 0.3 is 0 Å². The zero-order valence-corrected chi connectivity index (χ0v) is 19.4. The van der Waals surface area contributed by atoms with Crippen LogP contribution in [-0.2, 0) is 4.79 Å². The monoisotopic (exact) mass is 456 g/mol. The second-order valence-electron chi connectivity index (χ2n) is 9.54. The third-order valence-corrected chi connectivity index (χ3v) is 6.57. The Bertz CT molecular complexity index is 1280. The number of hydrogen-bond donors (Lipinski definition) is 2. The van der Waals surface area contributed by atoms with Crippen molar-refractivity contribution in [2.45, 2.75) is 32.7 Å². The standard InChI is InChI=1S/C28H25ClN2O2/c1-28(2)15-23-25(24(32)16-28)26(17-8-11-20(29)12-9-17)31-22-14-19(10-13-21(22)30-23)27(33)18-6-4-3-5-7-18/h3-14,26,30-31H,15-16H2,1-2H3. The van der Waals surface area contributed by atoms with Crippen LogP contribution >= 0.6 is 11.6 Å². The number of anilines is 2. The second-order valence-corrected chi connectivity index (χ2v) is 9.98. The van der Waals surface area contributed by atoms with Gasteiger partial charge in [0.1, 0.15) is 0 Å². The van der Waals surface area contributed by atoms with Gasteiger partial charge in [-0.1, -0.05) is 67.9 Å². The van der Waals surface area contributed by atoms with Crippen LogP contribution in [0.15, 0.2) is 84.1 Å². The van der Waals surface area contributed by atoms with E-state index in [1.165, 1.54) is 0 Å². The van der Waals surface area contributed by atoms with Gasteiger partial charge in [-0.3, -0.25) is 9.59 Å². The highest BCUT2D eigenvalue weighted by Gasteiger charge is 2.38. The van der Waals surface area contributed by atoms with Gasteiger partial charge in [-0.2, -0.15) is 0 Å². The topological polar surface area (TPSA) is 58.2 Å². The molecule has 166 valence electrons. The van der Waals surface area contributed by atoms with Crippen molar-refractivity contribution < 1.29 is 9.59 Å². The van der Waals surface area contributed by atoms with Crippen LogP contribution in [0.3, 0.4) is 0 Å². The number of halogens is 1. The number of carbonyl (C=O) groups is 2. The van der Waals surface area contributed by atoms with E-state index in [9.17, 15) is 9.59 Å². The molecule has 4 nitrogen and oxygen atoms in total. The zero-order valence-electron chi connectivity index (χ0n) is 18.6. The number of rotatable bonds is 3. The van der Waals surface area contributed by atoms with Crippen LogP contribution in [0.25, 0.3) is 0 Å². The van der Waals surface area contributed by atoms with Gasteiger partial charge in [0, 0.05) is 33.8 Å². The summed E-state index contributed by atoms with van der Waals surface area (Å²) in [4.78, 5) is 26.4. The number of carbonyl (C=O) groups excluding carboxylic acids is 2. The van der Waals surface area contributed by atoms with Crippen molar-refractivity contribution in [3.05, 3.63) is 106 Å². The Balaban J connectivity index is 1.60. The van der Waals surface area contributed by atoms with E-state index in [0.717, 1.165) is 34.6 Å². The molecule has 2 N–H and O–H groups in total. The van der Waals surface area contributed by atoms with E-state index >= 15 is 0 Å². The number of fused-ring (bicyclic) bond motifs is 1. The second kappa shape index (κ2) is 8.20. The lowest BCUT2D eigenvalue weighted by molar-refractivity contribution is -0.118. The molecule has 3 aromatic carbocycles. The molecule has 1 heterocycles. The molecule has 2 aliphatic rings. The first kappa shape index (κ1) is 21.5. The molecule has 0 aromatic heterocycles. The minimum atomic E-state index is -0.336. The molecule has 0 amide bonds. The molecule has 0 saturated heterocycles. The fourth-order valence-electron chi connectivity index (χ4n) is 4.75. The fraction of sp³-hybridized carbons (Fsp3) is 0.214. The number of ketones is 2. The molecule has 5 heteroatoms. The van der Waals surface area contributed by atoms with Gasteiger partial charge in [-0.05, 0) is 47.7 Å². The first-order valence-electron chi connectivity index (χ1n) is 11.1. The van der Waals surface area contributed by atoms with Crippen molar-refractivity contribution in [1.29, 1.82) is 0 Å². The van der Waals surface area contributed by atoms with E-state index in [-0.39, 0.29) is 23.0 Å². The van der Waals surface area contributed by atoms with Gasteiger partial charge in [0.05, 0.1) is 17.4 Å². The molecule has 1 atom stereocenters. The molecule has 3 aromatic rings. The summed E-state index contributed by atoms with van der Waals surface area (Å²) < 4.78 is 0. The Labute approximate surface area is 198 Å². The molecule has 1 aliphatic carbocycles. The molecule has 5 rings (SSSR count). The lowest BCUT2D eigenvalue weighted by atomic mass is 9.73. The summed E-state index contributed by atoms with van der Waals surface area (Å²) in [5, 5.41) is 7.73. The van der Waals surface area contributed by atoms with E-state index < -0.39 is 0 Å². The lowest BCUT2D eigenvalue weighted by Gasteiger charge is -2.34. The fourth-order valence-corrected chi connectivity index (χ4v) is 4.87. The van der Waals surface area contributed by atoms with Gasteiger partial charge in [0.2, 0.25) is 0 Å². The van der Waals surface area contributed by atoms with Gasteiger partial charge in [-0.15, -0.1) is 0 Å². The molecule has 1 unspecified atom stereocenters. The highest BCUT2D eigenvalue weighted by molar-refractivity contribution is 6.30. The summed E-state index contributed by atoms with van der Waals surface area (Å²) in [6.07, 6.45) is 1.26. The molecule has 0 saturated carbocycles. The van der Waals surface area contributed by atoms with E-state index in [2.05, 4.69) is 24.5 Å². The van der Waals surface area contributed by atoms with Crippen molar-refractivity contribution >= 4 is 34.5 Å². The zero-order chi connectivity index (χ0) is 23.2. The number of hydrogen-bond acceptors (Lipinski definition) is 4. The number of Topliss-reactive ketones (excluding diaryl/α,β-unsaturated/α-hetero) is 1. The molecule has 0 bridgehead atoms. The van der Waals surface area contributed by atoms with Gasteiger partial charge in [0.25, 0.3) is 0 Å². The van der Waals surface area contributed by atoms with E-state index in [4.69, 9.17) is 11.6 Å². The molecule has 1 aliphatic heterocycles. The maximum Gasteiger partial charge on any atom is 0.193 e. The van der Waals surface area contributed by atoms with Gasteiger partial charge in [-0.25, -0.2) is 0 Å². The van der Waals surface area contributed by atoms with Crippen LogP contribution in [0, 0.1) is 5.41 Å². The maximum absolute atomic E-state index is 13.3. The van der Waals surface area contributed by atoms with Crippen molar-refractivity contribution in [2.75, 3.05) is 10.6 Å². The number of nitrogens with one attached hydrogen (secondary N) is 2. The molecule has 0 spiro atoms. The van der Waals surface area contributed by atoms with Crippen LogP contribution in [0.4, 0.5) is 11.4 Å². The molecule has 33 heavy (non-hydrogen) atoms. The van der Waals surface area contributed by atoms with E-state index in [1.807, 2.05) is 72.8 Å². The van der Waals surface area contributed by atoms with Crippen molar-refractivity contribution in [1.82, 2.24) is 0 Å². The molecular formula is C28H25ClN2O2. The molecule has 0 fully saturated rings. The molecular weight excluding hydrogens is 432 g/mol. The normalized spacial score (nSPS) is 19.0. The first-order valence-corrected chi connectivity index (χ1v) is 11.5. The lowest BCUT2D eigenvalue weighted by Crippen LogP contribution is -2.31. The smallest absolute Gasteiger partial charge is 0.193 e. The summed E-state index contributed by atoms with van der Waals surface area (Å²) in [6, 6.07) is 22.1. The van der Waals surface area contributed by atoms with Crippen LogP contribution in [-0.4, -0.2) is 11.6 Å². The summed E-state index contributed by atoms with van der Waals surface area (Å²) in [6.45, 7) is 4.24. The van der Waals surface area contributed by atoms with Crippen molar-refractivity contribution in [2.24, 2.45) is 5.41 Å². The van der Waals surface area contributed by atoms with Crippen LogP contribution in [0.1, 0.15) is 54.2 Å². The van der Waals surface area contributed by atoms with Gasteiger partial charge < -0.3 is 10.6 Å². The van der Waals surface area contributed by atoms with Gasteiger partial charge in [0.15, 0.2) is 11.6 Å². The van der Waals surface area contributed by atoms with E-state index in [1.54, 1.807) is 0 Å². The van der Waals surface area contributed by atoms with Crippen molar-refractivity contribution in [3.63, 3.8) is 0 Å². The minimum absolute atomic E-state index is 0.0394.